The predicted octanol–water partition coefficient (Wildman–Crippen LogP) is -0.475. The van der Waals surface area contributed by atoms with Crippen LogP contribution < -0.4 is 5.48 Å². The van der Waals surface area contributed by atoms with E-state index >= 15 is 0 Å². The topological polar surface area (TPSA) is 41.2 Å². The second-order valence-electron chi connectivity index (χ2n) is 0.493. The maximum absolute atomic E-state index is 9.29. The molecule has 0 aliphatic rings. The Morgan fingerprint density at radius 2 is 2.60 bits per heavy atom. The summed E-state index contributed by atoms with van der Waals surface area (Å²) in [5.74, 6) is 0. The zero-order valence-electron chi connectivity index (χ0n) is 3.02. The van der Waals surface area contributed by atoms with E-state index in [9.17, 15) is 5.11 Å². The van der Waals surface area contributed by atoms with Gasteiger partial charge in [-0.1, -0.05) is 0 Å². The van der Waals surface area contributed by atoms with Crippen LogP contribution in [-0.2, 0) is 9.94 Å². The van der Waals surface area contributed by atoms with E-state index in [0.717, 1.165) is 0 Å². The molecule has 31 valence electrons. The molecule has 0 rings (SSSR count). The van der Waals surface area contributed by atoms with Gasteiger partial charge in [-0.2, -0.15) is 5.48 Å². The Hall–Kier alpha value is -0.120. The highest BCUT2D eigenvalue weighted by Crippen LogP contribution is 1.43. The van der Waals surface area contributed by atoms with Gasteiger partial charge in [-0.25, -0.2) is 5.11 Å². The molecule has 0 bridgehead atoms. The van der Waals surface area contributed by atoms with Crippen LogP contribution in [0, 0.1) is 0 Å². The van der Waals surface area contributed by atoms with Gasteiger partial charge in [0.15, 0.2) is 6.73 Å². The van der Waals surface area contributed by atoms with E-state index in [4.69, 9.17) is 0 Å². The molecule has 0 fully saturated rings. The Morgan fingerprint density at radius 1 is 2.00 bits per heavy atom. The number of nitrogens with one attached hydrogen (secondary N) is 1. The largest absolute Gasteiger partial charge is 0.303 e. The molecule has 0 unspecified atom stereocenters. The molecular weight excluding hydrogens is 70.0 g/mol. The maximum atomic E-state index is 9.29. The third kappa shape index (κ3) is 3.88. The first-order valence-electron chi connectivity index (χ1n) is 1.25. The minimum absolute atomic E-state index is 0.378. The van der Waals surface area contributed by atoms with Crippen LogP contribution in [0.1, 0.15) is 0 Å². The van der Waals surface area contributed by atoms with Crippen LogP contribution in [0.15, 0.2) is 0 Å². The average molecular weight is 76.1 g/mol. The highest BCUT2D eigenvalue weighted by Gasteiger charge is 1.64. The van der Waals surface area contributed by atoms with Gasteiger partial charge in [0.25, 0.3) is 0 Å². The number of hydrogen-bond acceptors (Lipinski definition) is 2. The summed E-state index contributed by atoms with van der Waals surface area (Å²) in [7, 11) is 1.40. The fraction of sp³-hybridized carbons (Fsp3) is 1.00. The van der Waals surface area contributed by atoms with Crippen LogP contribution in [0.2, 0.25) is 0 Å². The normalized spacial score (nSPS) is 8.40. The van der Waals surface area contributed by atoms with Crippen molar-refractivity contribution < 1.29 is 9.94 Å². The standard InChI is InChI=1S/C2H6NO2/c1-5-3-2-4/h3H,2H2,1H3. The fourth-order valence-corrected chi connectivity index (χ4v) is 0.0589. The molecule has 0 spiro atoms. The van der Waals surface area contributed by atoms with Gasteiger partial charge in [0.1, 0.15) is 0 Å². The number of hydroxylamine groups is 1. The van der Waals surface area contributed by atoms with Crippen molar-refractivity contribution in [3.05, 3.63) is 0 Å². The van der Waals surface area contributed by atoms with E-state index in [1.165, 1.54) is 7.11 Å². The van der Waals surface area contributed by atoms with Crippen molar-refractivity contribution in [3.63, 3.8) is 0 Å². The van der Waals surface area contributed by atoms with Crippen molar-refractivity contribution in [1.29, 1.82) is 0 Å². The molecule has 0 aromatic carbocycles. The molecule has 1 radical (unpaired) electrons. The third-order valence-corrected chi connectivity index (χ3v) is 0.203. The van der Waals surface area contributed by atoms with E-state index in [1.54, 1.807) is 0 Å². The van der Waals surface area contributed by atoms with Crippen LogP contribution in [0.25, 0.3) is 0 Å². The summed E-state index contributed by atoms with van der Waals surface area (Å²) in [6.07, 6.45) is 0. The van der Waals surface area contributed by atoms with Crippen LogP contribution in [0.3, 0.4) is 0 Å². The molecule has 0 saturated heterocycles. The second kappa shape index (κ2) is 3.88. The Labute approximate surface area is 30.5 Å². The van der Waals surface area contributed by atoms with Crippen LogP contribution >= 0.6 is 0 Å². The number of hydrogen-bond donors (Lipinski definition) is 1. The first kappa shape index (κ1) is 4.88. The summed E-state index contributed by atoms with van der Waals surface area (Å²) in [5.41, 5.74) is 2.06. The van der Waals surface area contributed by atoms with Crippen molar-refractivity contribution in [1.82, 2.24) is 5.48 Å². The Balaban J connectivity index is 2.19. The molecule has 0 saturated carbocycles. The molecule has 3 nitrogen and oxygen atoms in total. The maximum Gasteiger partial charge on any atom is 0.154 e. The lowest BCUT2D eigenvalue weighted by Gasteiger charge is -1.86. The minimum atomic E-state index is -0.378. The molecular formula is C2H6NO2. The summed E-state index contributed by atoms with van der Waals surface area (Å²) in [6.45, 7) is -0.378. The van der Waals surface area contributed by atoms with E-state index < -0.39 is 0 Å². The van der Waals surface area contributed by atoms with Crippen LogP contribution in [0.5, 0.6) is 0 Å². The number of rotatable bonds is 2. The van der Waals surface area contributed by atoms with Crippen LogP contribution in [0.4, 0.5) is 0 Å². The van der Waals surface area contributed by atoms with Crippen molar-refractivity contribution >= 4 is 0 Å². The van der Waals surface area contributed by atoms with E-state index in [0.29, 0.717) is 0 Å². The predicted molar refractivity (Wildman–Crippen MR) is 15.7 cm³/mol. The quantitative estimate of drug-likeness (QED) is 0.356. The third-order valence-electron chi connectivity index (χ3n) is 0.203. The molecule has 0 amide bonds. The Bertz CT molecular complexity index is 15.1. The van der Waals surface area contributed by atoms with Gasteiger partial charge in [0.2, 0.25) is 0 Å². The van der Waals surface area contributed by atoms with Gasteiger partial charge in [-0.3, -0.25) is 0 Å². The molecule has 0 atom stereocenters. The average Bonchev–Trinajstić information content (AvgIpc) is 1.41. The van der Waals surface area contributed by atoms with Gasteiger partial charge >= 0.3 is 0 Å². The molecule has 0 aliphatic carbocycles. The van der Waals surface area contributed by atoms with Gasteiger partial charge in [-0.05, 0) is 0 Å². The first-order chi connectivity index (χ1) is 2.41. The molecule has 0 heterocycles. The lowest BCUT2D eigenvalue weighted by atomic mass is 11.4. The van der Waals surface area contributed by atoms with Crippen molar-refractivity contribution in [2.45, 2.75) is 0 Å². The minimum Gasteiger partial charge on any atom is -0.303 e. The monoisotopic (exact) mass is 76.0 g/mol. The zero-order valence-corrected chi connectivity index (χ0v) is 3.02. The SMILES string of the molecule is CONC[O]. The van der Waals surface area contributed by atoms with Crippen molar-refractivity contribution in [3.8, 4) is 0 Å². The highest BCUT2D eigenvalue weighted by atomic mass is 16.6. The molecule has 0 aromatic rings. The lowest BCUT2D eigenvalue weighted by Crippen LogP contribution is -2.10. The van der Waals surface area contributed by atoms with Gasteiger partial charge in [0.05, 0.1) is 7.11 Å². The summed E-state index contributed by atoms with van der Waals surface area (Å²) >= 11 is 0. The summed E-state index contributed by atoms with van der Waals surface area (Å²) in [5, 5.41) is 9.29. The van der Waals surface area contributed by atoms with Crippen molar-refractivity contribution in [2.75, 3.05) is 13.8 Å². The van der Waals surface area contributed by atoms with E-state index in [2.05, 4.69) is 10.3 Å². The summed E-state index contributed by atoms with van der Waals surface area (Å²) < 4.78 is 0. The Kier molecular flexibility index (Phi) is 3.79. The second-order valence-corrected chi connectivity index (χ2v) is 0.493. The van der Waals surface area contributed by atoms with Gasteiger partial charge < -0.3 is 4.84 Å². The summed E-state index contributed by atoms with van der Waals surface area (Å²) in [6, 6.07) is 0. The molecule has 0 aromatic heterocycles. The van der Waals surface area contributed by atoms with Crippen LogP contribution in [-0.4, -0.2) is 13.8 Å². The van der Waals surface area contributed by atoms with Gasteiger partial charge in [0, 0.05) is 0 Å². The fourth-order valence-electron chi connectivity index (χ4n) is 0.0589. The highest BCUT2D eigenvalue weighted by molar-refractivity contribution is 3.90. The van der Waals surface area contributed by atoms with E-state index in [1.807, 2.05) is 0 Å². The van der Waals surface area contributed by atoms with Gasteiger partial charge in [-0.15, -0.1) is 0 Å². The lowest BCUT2D eigenvalue weighted by molar-refractivity contribution is 0.00370. The molecule has 1 N–H and O–H groups in total. The van der Waals surface area contributed by atoms with E-state index in [-0.39, 0.29) is 6.73 Å². The zero-order chi connectivity index (χ0) is 4.12. The molecule has 5 heavy (non-hydrogen) atoms. The summed E-state index contributed by atoms with van der Waals surface area (Å²) in [4.78, 5) is 4.13. The molecule has 0 aliphatic heterocycles. The molecule has 3 heteroatoms. The first-order valence-corrected chi connectivity index (χ1v) is 1.25. The smallest absolute Gasteiger partial charge is 0.154 e. The van der Waals surface area contributed by atoms with Crippen molar-refractivity contribution in [2.24, 2.45) is 0 Å². The Morgan fingerprint density at radius 3 is 2.60 bits per heavy atom.